The van der Waals surface area contributed by atoms with Crippen LogP contribution < -0.4 is 9.47 Å². The van der Waals surface area contributed by atoms with Crippen LogP contribution in [0.15, 0.2) is 36.4 Å². The standard InChI is InChI=1S/C24H26ClNO4/c1-16-7-8-18-20(27)15-24(30-23(18)17(16)2)10-12-26(13-11-24)22(28)9-14-29-21-6-4-3-5-19(21)25/h3-8H,9-15H2,1-2H3. The molecule has 0 unspecified atom stereocenters. The van der Waals surface area contributed by atoms with Gasteiger partial charge in [-0.25, -0.2) is 0 Å². The van der Waals surface area contributed by atoms with Crippen LogP contribution >= 0.6 is 11.6 Å². The van der Waals surface area contributed by atoms with Gasteiger partial charge in [-0.15, -0.1) is 0 Å². The van der Waals surface area contributed by atoms with Crippen molar-refractivity contribution in [3.8, 4) is 11.5 Å². The first kappa shape index (κ1) is 20.7. The summed E-state index contributed by atoms with van der Waals surface area (Å²) in [4.78, 5) is 27.2. The number of carbonyl (C=O) groups excluding carboxylic acids is 2. The highest BCUT2D eigenvalue weighted by Crippen LogP contribution is 2.41. The molecule has 4 rings (SSSR count). The molecule has 2 aromatic carbocycles. The van der Waals surface area contributed by atoms with Gasteiger partial charge in [-0.1, -0.05) is 29.8 Å². The lowest BCUT2D eigenvalue weighted by atomic mass is 9.81. The van der Waals surface area contributed by atoms with Crippen molar-refractivity contribution in [2.75, 3.05) is 19.7 Å². The Morgan fingerprint density at radius 3 is 2.63 bits per heavy atom. The SMILES string of the molecule is Cc1ccc2c(c1C)OC1(CCN(C(=O)CCOc3ccccc3Cl)CC1)CC2=O. The van der Waals surface area contributed by atoms with Crippen molar-refractivity contribution in [3.05, 3.63) is 58.1 Å². The monoisotopic (exact) mass is 427 g/mol. The van der Waals surface area contributed by atoms with E-state index in [1.165, 1.54) is 0 Å². The first-order chi connectivity index (χ1) is 14.4. The van der Waals surface area contributed by atoms with E-state index < -0.39 is 5.60 Å². The minimum absolute atomic E-state index is 0.0477. The molecule has 1 saturated heterocycles. The molecule has 2 aromatic rings. The smallest absolute Gasteiger partial charge is 0.226 e. The van der Waals surface area contributed by atoms with E-state index in [1.807, 2.05) is 43.0 Å². The predicted molar refractivity (Wildman–Crippen MR) is 116 cm³/mol. The van der Waals surface area contributed by atoms with Gasteiger partial charge in [0.1, 0.15) is 17.1 Å². The van der Waals surface area contributed by atoms with Crippen molar-refractivity contribution in [1.82, 2.24) is 4.90 Å². The lowest BCUT2D eigenvalue weighted by Crippen LogP contribution is -2.52. The number of carbonyl (C=O) groups is 2. The molecule has 0 saturated carbocycles. The third kappa shape index (κ3) is 4.04. The number of Topliss-reactive ketones (excluding diaryl/α,β-unsaturated/α-hetero) is 1. The number of ketones is 1. The molecule has 2 aliphatic rings. The summed E-state index contributed by atoms with van der Waals surface area (Å²) in [5, 5.41) is 0.537. The molecule has 0 bridgehead atoms. The lowest BCUT2D eigenvalue weighted by Gasteiger charge is -2.44. The first-order valence-electron chi connectivity index (χ1n) is 10.4. The number of para-hydroxylation sites is 1. The average Bonchev–Trinajstić information content (AvgIpc) is 2.73. The van der Waals surface area contributed by atoms with E-state index in [4.69, 9.17) is 21.1 Å². The van der Waals surface area contributed by atoms with Crippen LogP contribution in [0, 0.1) is 13.8 Å². The topological polar surface area (TPSA) is 55.8 Å². The van der Waals surface area contributed by atoms with Crippen molar-refractivity contribution < 1.29 is 19.1 Å². The maximum absolute atomic E-state index is 12.8. The number of likely N-dealkylation sites (tertiary alicyclic amines) is 1. The van der Waals surface area contributed by atoms with Crippen LogP contribution in [-0.4, -0.2) is 41.9 Å². The van der Waals surface area contributed by atoms with Crippen LogP contribution in [0.3, 0.4) is 0 Å². The Labute approximate surface area is 181 Å². The summed E-state index contributed by atoms with van der Waals surface area (Å²) in [7, 11) is 0. The van der Waals surface area contributed by atoms with Gasteiger partial charge < -0.3 is 14.4 Å². The first-order valence-corrected chi connectivity index (χ1v) is 10.7. The quantitative estimate of drug-likeness (QED) is 0.706. The van der Waals surface area contributed by atoms with Gasteiger partial charge in [-0.3, -0.25) is 9.59 Å². The Kier molecular flexibility index (Phi) is 5.74. The number of aryl methyl sites for hydroxylation is 1. The summed E-state index contributed by atoms with van der Waals surface area (Å²) in [6.07, 6.45) is 1.98. The number of fused-ring (bicyclic) bond motifs is 1. The Balaban J connectivity index is 1.34. The minimum Gasteiger partial charge on any atom is -0.491 e. The highest BCUT2D eigenvalue weighted by molar-refractivity contribution is 6.32. The molecule has 158 valence electrons. The molecule has 6 heteroatoms. The fourth-order valence-corrected chi connectivity index (χ4v) is 4.38. The number of hydrogen-bond acceptors (Lipinski definition) is 4. The van der Waals surface area contributed by atoms with Crippen molar-refractivity contribution in [1.29, 1.82) is 0 Å². The summed E-state index contributed by atoms with van der Waals surface area (Å²) in [6, 6.07) is 11.1. The van der Waals surface area contributed by atoms with Crippen LogP contribution in [0.1, 0.15) is 47.2 Å². The summed E-state index contributed by atoms with van der Waals surface area (Å²) in [6.45, 7) is 5.47. The van der Waals surface area contributed by atoms with Crippen LogP contribution in [0.25, 0.3) is 0 Å². The minimum atomic E-state index is -0.506. The number of halogens is 1. The number of ether oxygens (including phenoxy) is 2. The molecule has 0 radical (unpaired) electrons. The van der Waals surface area contributed by atoms with Gasteiger partial charge in [-0.2, -0.15) is 0 Å². The van der Waals surface area contributed by atoms with E-state index in [0.717, 1.165) is 16.9 Å². The number of amides is 1. The number of hydrogen-bond donors (Lipinski definition) is 0. The molecule has 0 atom stereocenters. The van der Waals surface area contributed by atoms with Crippen molar-refractivity contribution in [2.24, 2.45) is 0 Å². The molecule has 0 aliphatic carbocycles. The number of piperidine rings is 1. The largest absolute Gasteiger partial charge is 0.491 e. The molecular weight excluding hydrogens is 402 g/mol. The van der Waals surface area contributed by atoms with Crippen molar-refractivity contribution in [3.63, 3.8) is 0 Å². The Morgan fingerprint density at radius 1 is 1.17 bits per heavy atom. The second-order valence-electron chi connectivity index (χ2n) is 8.18. The van der Waals surface area contributed by atoms with Gasteiger partial charge in [0.05, 0.1) is 30.0 Å². The lowest BCUT2D eigenvalue weighted by molar-refractivity contribution is -0.135. The Bertz CT molecular complexity index is 979. The maximum atomic E-state index is 12.8. The average molecular weight is 428 g/mol. The maximum Gasteiger partial charge on any atom is 0.226 e. The molecule has 2 heterocycles. The third-order valence-electron chi connectivity index (χ3n) is 6.22. The van der Waals surface area contributed by atoms with E-state index in [2.05, 4.69) is 0 Å². The summed E-state index contributed by atoms with van der Waals surface area (Å²) in [5.74, 6) is 1.49. The van der Waals surface area contributed by atoms with Crippen LogP contribution in [0.4, 0.5) is 0 Å². The number of rotatable bonds is 4. The molecule has 0 N–H and O–H groups in total. The molecule has 1 spiro atoms. The third-order valence-corrected chi connectivity index (χ3v) is 6.53. The Hall–Kier alpha value is -2.53. The van der Waals surface area contributed by atoms with Gasteiger partial charge >= 0.3 is 0 Å². The van der Waals surface area contributed by atoms with Gasteiger partial charge in [0, 0.05) is 25.9 Å². The molecule has 30 heavy (non-hydrogen) atoms. The predicted octanol–water partition coefficient (Wildman–Crippen LogP) is 4.75. The highest BCUT2D eigenvalue weighted by atomic mass is 35.5. The Morgan fingerprint density at radius 2 is 1.90 bits per heavy atom. The van der Waals surface area contributed by atoms with Gasteiger partial charge in [0.25, 0.3) is 0 Å². The second-order valence-corrected chi connectivity index (χ2v) is 8.59. The van der Waals surface area contributed by atoms with Crippen molar-refractivity contribution >= 4 is 23.3 Å². The highest BCUT2D eigenvalue weighted by Gasteiger charge is 2.44. The van der Waals surface area contributed by atoms with Gasteiger partial charge in [-0.05, 0) is 43.2 Å². The van der Waals surface area contributed by atoms with E-state index in [9.17, 15) is 9.59 Å². The summed E-state index contributed by atoms with van der Waals surface area (Å²) in [5.41, 5.74) is 2.31. The molecule has 2 aliphatic heterocycles. The molecule has 1 amide bonds. The molecule has 5 nitrogen and oxygen atoms in total. The normalized spacial score (nSPS) is 17.4. The van der Waals surface area contributed by atoms with E-state index in [1.54, 1.807) is 12.1 Å². The fraction of sp³-hybridized carbons (Fsp3) is 0.417. The van der Waals surface area contributed by atoms with Gasteiger partial charge in [0.2, 0.25) is 5.91 Å². The zero-order valence-electron chi connectivity index (χ0n) is 17.4. The van der Waals surface area contributed by atoms with E-state index in [-0.39, 0.29) is 18.3 Å². The van der Waals surface area contributed by atoms with E-state index >= 15 is 0 Å². The van der Waals surface area contributed by atoms with Gasteiger partial charge in [0.15, 0.2) is 5.78 Å². The molecular formula is C24H26ClNO4. The van der Waals surface area contributed by atoms with Crippen LogP contribution in [0.2, 0.25) is 5.02 Å². The van der Waals surface area contributed by atoms with Crippen LogP contribution in [-0.2, 0) is 4.79 Å². The second kappa shape index (κ2) is 8.31. The van der Waals surface area contributed by atoms with Crippen molar-refractivity contribution in [2.45, 2.75) is 45.1 Å². The number of nitrogens with zero attached hydrogens (tertiary/aromatic N) is 1. The van der Waals surface area contributed by atoms with Crippen LogP contribution in [0.5, 0.6) is 11.5 Å². The number of benzene rings is 2. The molecule has 0 aromatic heterocycles. The fourth-order valence-electron chi connectivity index (χ4n) is 4.19. The zero-order chi connectivity index (χ0) is 21.3. The molecule has 1 fully saturated rings. The summed E-state index contributed by atoms with van der Waals surface area (Å²) < 4.78 is 12.1. The summed E-state index contributed by atoms with van der Waals surface area (Å²) >= 11 is 6.08. The zero-order valence-corrected chi connectivity index (χ0v) is 18.1. The van der Waals surface area contributed by atoms with E-state index in [0.29, 0.717) is 55.1 Å².